The van der Waals surface area contributed by atoms with Crippen molar-refractivity contribution in [3.8, 4) is 6.07 Å². The number of likely N-dealkylation sites (N-methyl/N-ethyl adjacent to an activating group) is 1. The van der Waals surface area contributed by atoms with E-state index in [4.69, 9.17) is 9.84 Å². The van der Waals surface area contributed by atoms with Crippen molar-refractivity contribution in [3.63, 3.8) is 0 Å². The minimum Gasteiger partial charge on any atom is -0.449 e. The maximum atomic E-state index is 12.8. The van der Waals surface area contributed by atoms with Crippen molar-refractivity contribution < 1.29 is 24.4 Å². The summed E-state index contributed by atoms with van der Waals surface area (Å²) in [5.41, 5.74) is -1.10. The molecule has 0 radical (unpaired) electrons. The first-order valence-electron chi connectivity index (χ1n) is 9.79. The van der Waals surface area contributed by atoms with Crippen LogP contribution in [0.4, 0.5) is 11.4 Å². The molecule has 0 heterocycles. The molecule has 0 aliphatic heterocycles. The van der Waals surface area contributed by atoms with Crippen LogP contribution >= 0.6 is 0 Å². The molecule has 2 N–H and O–H groups in total. The topological polar surface area (TPSA) is 146 Å². The molecule has 1 aliphatic carbocycles. The number of amides is 1. The summed E-state index contributed by atoms with van der Waals surface area (Å²) in [6, 6.07) is 5.87. The van der Waals surface area contributed by atoms with Gasteiger partial charge in [0.25, 0.3) is 11.6 Å². The van der Waals surface area contributed by atoms with Crippen LogP contribution in [0, 0.1) is 21.4 Å². The van der Waals surface area contributed by atoms with Crippen molar-refractivity contribution in [1.29, 1.82) is 5.26 Å². The number of ether oxygens (including phenoxy) is 1. The van der Waals surface area contributed by atoms with Gasteiger partial charge in [-0.1, -0.05) is 19.3 Å². The molecule has 0 spiro atoms. The molecule has 1 amide bonds. The van der Waals surface area contributed by atoms with Crippen molar-refractivity contribution in [2.75, 3.05) is 25.5 Å². The average Bonchev–Trinajstić information content (AvgIpc) is 2.76. The third kappa shape index (κ3) is 5.04. The summed E-state index contributed by atoms with van der Waals surface area (Å²) in [6.45, 7) is 1.32. The van der Waals surface area contributed by atoms with Gasteiger partial charge in [0.2, 0.25) is 0 Å². The lowest BCUT2D eigenvalue weighted by Gasteiger charge is -2.39. The Morgan fingerprint density at radius 1 is 1.40 bits per heavy atom. The third-order valence-electron chi connectivity index (χ3n) is 5.35. The summed E-state index contributed by atoms with van der Waals surface area (Å²) in [7, 11) is 1.53. The first kappa shape index (κ1) is 23.1. The van der Waals surface area contributed by atoms with Gasteiger partial charge in [-0.25, -0.2) is 4.79 Å². The van der Waals surface area contributed by atoms with Crippen LogP contribution < -0.4 is 5.32 Å². The molecule has 1 aliphatic rings. The van der Waals surface area contributed by atoms with Gasteiger partial charge in [0.05, 0.1) is 23.2 Å². The second-order valence-electron chi connectivity index (χ2n) is 7.29. The van der Waals surface area contributed by atoms with E-state index < -0.39 is 28.4 Å². The summed E-state index contributed by atoms with van der Waals surface area (Å²) < 4.78 is 5.29. The quantitative estimate of drug-likeness (QED) is 0.371. The van der Waals surface area contributed by atoms with Crippen LogP contribution in [0.3, 0.4) is 0 Å². The van der Waals surface area contributed by atoms with E-state index in [0.29, 0.717) is 12.8 Å². The van der Waals surface area contributed by atoms with E-state index in [1.807, 2.05) is 0 Å². The Morgan fingerprint density at radius 2 is 2.07 bits per heavy atom. The lowest BCUT2D eigenvalue weighted by Crippen LogP contribution is -2.53. The maximum absolute atomic E-state index is 12.8. The highest BCUT2D eigenvalue weighted by molar-refractivity contribution is 5.98. The maximum Gasteiger partial charge on any atom is 0.341 e. The van der Waals surface area contributed by atoms with Crippen LogP contribution in [0.15, 0.2) is 18.2 Å². The summed E-state index contributed by atoms with van der Waals surface area (Å²) in [6.07, 6.45) is 2.63. The molecule has 1 fully saturated rings. The normalized spacial score (nSPS) is 16.1. The SMILES string of the molecule is C[C@@H](OC(=O)c1cc([N+](=O)[O-])ccc1NCCO)C(=O)N(C)C1(C#N)CCCCC1. The number of nitro groups is 1. The summed E-state index contributed by atoms with van der Waals surface area (Å²) in [5, 5.41) is 32.5. The fourth-order valence-corrected chi connectivity index (χ4v) is 3.58. The predicted molar refractivity (Wildman–Crippen MR) is 108 cm³/mol. The van der Waals surface area contributed by atoms with Crippen molar-refractivity contribution in [2.45, 2.75) is 50.7 Å². The second-order valence-corrected chi connectivity index (χ2v) is 7.29. The Hall–Kier alpha value is -3.19. The molecule has 30 heavy (non-hydrogen) atoms. The molecule has 162 valence electrons. The number of nitrogens with zero attached hydrogens (tertiary/aromatic N) is 3. The van der Waals surface area contributed by atoms with Gasteiger partial charge in [-0.15, -0.1) is 0 Å². The Morgan fingerprint density at radius 3 is 2.63 bits per heavy atom. The van der Waals surface area contributed by atoms with E-state index in [-0.39, 0.29) is 30.1 Å². The predicted octanol–water partition coefficient (Wildman–Crippen LogP) is 2.23. The van der Waals surface area contributed by atoms with Crippen LogP contribution in [0.5, 0.6) is 0 Å². The zero-order valence-electron chi connectivity index (χ0n) is 17.1. The molecule has 0 unspecified atom stereocenters. The Labute approximate surface area is 174 Å². The molecule has 2 rings (SSSR count). The first-order valence-corrected chi connectivity index (χ1v) is 9.79. The summed E-state index contributed by atoms with van der Waals surface area (Å²) in [5.74, 6) is -1.43. The minimum absolute atomic E-state index is 0.118. The largest absolute Gasteiger partial charge is 0.449 e. The molecular weight excluding hydrogens is 392 g/mol. The number of hydrogen-bond acceptors (Lipinski definition) is 8. The number of hydrogen-bond donors (Lipinski definition) is 2. The van der Waals surface area contributed by atoms with Gasteiger partial charge in [0.15, 0.2) is 6.10 Å². The van der Waals surface area contributed by atoms with Crippen molar-refractivity contribution >= 4 is 23.3 Å². The van der Waals surface area contributed by atoms with Gasteiger partial charge < -0.3 is 20.1 Å². The molecule has 10 nitrogen and oxygen atoms in total. The number of nitriles is 1. The second kappa shape index (κ2) is 10.0. The van der Waals surface area contributed by atoms with E-state index in [0.717, 1.165) is 25.3 Å². The van der Waals surface area contributed by atoms with E-state index in [1.165, 1.54) is 31.0 Å². The van der Waals surface area contributed by atoms with Crippen LogP contribution in [0.25, 0.3) is 0 Å². The fourth-order valence-electron chi connectivity index (χ4n) is 3.58. The number of benzene rings is 1. The van der Waals surface area contributed by atoms with Crippen LogP contribution in [0.2, 0.25) is 0 Å². The number of non-ortho nitro benzene ring substituents is 1. The Bertz CT molecular complexity index is 844. The van der Waals surface area contributed by atoms with Gasteiger partial charge in [0, 0.05) is 31.4 Å². The van der Waals surface area contributed by atoms with Gasteiger partial charge >= 0.3 is 5.97 Å². The molecule has 10 heteroatoms. The number of rotatable bonds is 8. The molecule has 1 aromatic rings. The summed E-state index contributed by atoms with van der Waals surface area (Å²) >= 11 is 0. The summed E-state index contributed by atoms with van der Waals surface area (Å²) in [4.78, 5) is 37.3. The molecule has 1 aromatic carbocycles. The standard InChI is InChI=1S/C20H26N4O6/c1-14(18(26)23(2)20(13-21)8-4-3-5-9-20)30-19(27)16-12-15(24(28)29)6-7-17(16)22-10-11-25/h6-7,12,14,22,25H,3-5,8-11H2,1-2H3/t14-/m1/s1. The number of nitro benzene ring substituents is 1. The highest BCUT2D eigenvalue weighted by Crippen LogP contribution is 2.33. The number of aliphatic hydroxyl groups excluding tert-OH is 1. The molecule has 0 aromatic heterocycles. The minimum atomic E-state index is -1.18. The van der Waals surface area contributed by atoms with E-state index in [2.05, 4.69) is 11.4 Å². The zero-order chi connectivity index (χ0) is 22.3. The van der Waals surface area contributed by atoms with Gasteiger partial charge in [-0.2, -0.15) is 5.26 Å². The van der Waals surface area contributed by atoms with Crippen LogP contribution in [-0.4, -0.2) is 58.6 Å². The highest BCUT2D eigenvalue weighted by atomic mass is 16.6. The number of aliphatic hydroxyl groups is 1. The van der Waals surface area contributed by atoms with E-state index in [1.54, 1.807) is 0 Å². The number of anilines is 1. The van der Waals surface area contributed by atoms with Crippen LogP contribution in [0.1, 0.15) is 49.4 Å². The molecule has 0 bridgehead atoms. The number of esters is 1. The average molecular weight is 418 g/mol. The van der Waals surface area contributed by atoms with Gasteiger partial charge in [-0.05, 0) is 25.8 Å². The van der Waals surface area contributed by atoms with E-state index in [9.17, 15) is 25.0 Å². The molecule has 0 saturated heterocycles. The van der Waals surface area contributed by atoms with Crippen molar-refractivity contribution in [1.82, 2.24) is 4.90 Å². The zero-order valence-corrected chi connectivity index (χ0v) is 17.1. The smallest absolute Gasteiger partial charge is 0.341 e. The molecule has 1 atom stereocenters. The van der Waals surface area contributed by atoms with Gasteiger partial charge in [0.1, 0.15) is 5.54 Å². The first-order chi connectivity index (χ1) is 14.3. The lowest BCUT2D eigenvalue weighted by molar-refractivity contribution is -0.384. The van der Waals surface area contributed by atoms with Crippen molar-refractivity contribution in [3.05, 3.63) is 33.9 Å². The Kier molecular flexibility index (Phi) is 7.72. The monoisotopic (exact) mass is 418 g/mol. The van der Waals surface area contributed by atoms with E-state index >= 15 is 0 Å². The van der Waals surface area contributed by atoms with Crippen LogP contribution in [-0.2, 0) is 9.53 Å². The number of carbonyl (C=O) groups excluding carboxylic acids is 2. The highest BCUT2D eigenvalue weighted by Gasteiger charge is 2.41. The number of carbonyl (C=O) groups is 2. The fraction of sp³-hybridized carbons (Fsp3) is 0.550. The molecule has 1 saturated carbocycles. The molecular formula is C20H26N4O6. The lowest BCUT2D eigenvalue weighted by atomic mass is 9.81. The Balaban J connectivity index is 2.19. The number of nitrogens with one attached hydrogen (secondary N) is 1. The third-order valence-corrected chi connectivity index (χ3v) is 5.35. The van der Waals surface area contributed by atoms with Gasteiger partial charge in [-0.3, -0.25) is 14.9 Å². The van der Waals surface area contributed by atoms with Crippen molar-refractivity contribution in [2.24, 2.45) is 0 Å².